The first kappa shape index (κ1) is 22.9. The normalized spacial score (nSPS) is 14.8. The molecule has 3 heterocycles. The number of fused-ring (bicyclic) bond motifs is 3. The van der Waals surface area contributed by atoms with E-state index in [2.05, 4.69) is 65.5 Å². The van der Waals surface area contributed by atoms with Crippen molar-refractivity contribution in [2.45, 2.75) is 32.9 Å². The molecule has 2 aromatic heterocycles. The van der Waals surface area contributed by atoms with Gasteiger partial charge >= 0.3 is 6.03 Å². The number of para-hydroxylation sites is 1. The quantitative estimate of drug-likeness (QED) is 0.413. The summed E-state index contributed by atoms with van der Waals surface area (Å²) in [5.74, 6) is 0.969. The van der Waals surface area contributed by atoms with Gasteiger partial charge in [-0.05, 0) is 48.7 Å². The van der Waals surface area contributed by atoms with Gasteiger partial charge in [-0.3, -0.25) is 0 Å². The Morgan fingerprint density at radius 3 is 2.57 bits per heavy atom. The first-order valence-corrected chi connectivity index (χ1v) is 12.1. The van der Waals surface area contributed by atoms with Crippen molar-refractivity contribution in [2.75, 3.05) is 20.3 Å². The number of carbonyl (C=O) groups is 1. The maximum Gasteiger partial charge on any atom is 0.318 e. The Kier molecular flexibility index (Phi) is 6.42. The van der Waals surface area contributed by atoms with Crippen molar-refractivity contribution in [3.8, 4) is 11.5 Å². The van der Waals surface area contributed by atoms with Crippen LogP contribution in [0.2, 0.25) is 0 Å². The van der Waals surface area contributed by atoms with E-state index in [0.717, 1.165) is 40.4 Å². The summed E-state index contributed by atoms with van der Waals surface area (Å²) in [5, 5.41) is 7.93. The van der Waals surface area contributed by atoms with Crippen LogP contribution in [0.15, 0.2) is 72.9 Å². The van der Waals surface area contributed by atoms with Crippen molar-refractivity contribution >= 4 is 6.03 Å². The highest BCUT2D eigenvalue weighted by molar-refractivity contribution is 5.76. The van der Waals surface area contributed by atoms with Gasteiger partial charge in [0.1, 0.15) is 5.82 Å². The molecular weight excluding hydrogens is 438 g/mol. The Bertz CT molecular complexity index is 1310. The second-order valence-corrected chi connectivity index (χ2v) is 8.79. The van der Waals surface area contributed by atoms with Crippen LogP contribution in [0.5, 0.6) is 0 Å². The third-order valence-corrected chi connectivity index (χ3v) is 6.63. The van der Waals surface area contributed by atoms with Gasteiger partial charge in [0, 0.05) is 25.4 Å². The predicted octanol–water partition coefficient (Wildman–Crippen LogP) is 4.79. The largest absolute Gasteiger partial charge is 0.383 e. The van der Waals surface area contributed by atoms with E-state index in [-0.39, 0.29) is 12.1 Å². The summed E-state index contributed by atoms with van der Waals surface area (Å²) < 4.78 is 9.33. The molecule has 180 valence electrons. The fourth-order valence-electron chi connectivity index (χ4n) is 4.80. The number of amides is 2. The molecule has 1 aliphatic heterocycles. The van der Waals surface area contributed by atoms with Crippen LogP contribution in [0.1, 0.15) is 41.0 Å². The average Bonchev–Trinajstić information content (AvgIpc) is 3.45. The Morgan fingerprint density at radius 1 is 1.09 bits per heavy atom. The van der Waals surface area contributed by atoms with E-state index >= 15 is 0 Å². The lowest BCUT2D eigenvalue weighted by atomic mass is 10.00. The standard InChI is InChI=1S/C28H31N5O2/c1-4-21-12-14-22(15-13-21)26-25-11-8-17-31(25)27-24(19-32(26)28(34)29-16-18-35-3)20(2)30-33(27)23-9-6-5-7-10-23/h5-15,17,26H,4,16,18-19H2,1-3H3,(H,29,34)/t26-/m1/s1. The molecule has 4 aromatic rings. The Labute approximate surface area is 205 Å². The highest BCUT2D eigenvalue weighted by Crippen LogP contribution is 2.38. The molecule has 1 atom stereocenters. The summed E-state index contributed by atoms with van der Waals surface area (Å²) in [7, 11) is 1.64. The smallest absolute Gasteiger partial charge is 0.318 e. The van der Waals surface area contributed by atoms with Crippen LogP contribution in [0.25, 0.3) is 11.5 Å². The summed E-state index contributed by atoms with van der Waals surface area (Å²) in [5.41, 5.74) is 6.28. The lowest BCUT2D eigenvalue weighted by Gasteiger charge is -2.31. The molecule has 1 N–H and O–H groups in total. The van der Waals surface area contributed by atoms with Crippen molar-refractivity contribution in [1.82, 2.24) is 24.6 Å². The molecule has 35 heavy (non-hydrogen) atoms. The zero-order valence-corrected chi connectivity index (χ0v) is 20.4. The average molecular weight is 470 g/mol. The number of benzene rings is 2. The maximum atomic E-state index is 13.6. The van der Waals surface area contributed by atoms with Crippen LogP contribution in [0.3, 0.4) is 0 Å². The highest BCUT2D eigenvalue weighted by atomic mass is 16.5. The van der Waals surface area contributed by atoms with Gasteiger partial charge in [0.15, 0.2) is 0 Å². The fourth-order valence-corrected chi connectivity index (χ4v) is 4.80. The molecule has 0 unspecified atom stereocenters. The summed E-state index contributed by atoms with van der Waals surface area (Å²) in [6.45, 7) is 5.51. The minimum atomic E-state index is -0.255. The second-order valence-electron chi connectivity index (χ2n) is 8.79. The summed E-state index contributed by atoms with van der Waals surface area (Å²) in [6, 6.07) is 22.5. The fraction of sp³-hybridized carbons (Fsp3) is 0.286. The molecule has 5 rings (SSSR count). The van der Waals surface area contributed by atoms with Crippen LogP contribution >= 0.6 is 0 Å². The number of aromatic nitrogens is 3. The van der Waals surface area contributed by atoms with Gasteiger partial charge < -0.3 is 19.5 Å². The van der Waals surface area contributed by atoms with E-state index in [1.165, 1.54) is 5.56 Å². The molecule has 0 saturated heterocycles. The zero-order valence-electron chi connectivity index (χ0n) is 20.4. The molecular formula is C28H31N5O2. The lowest BCUT2D eigenvalue weighted by Crippen LogP contribution is -2.43. The lowest BCUT2D eigenvalue weighted by molar-refractivity contribution is 0.168. The molecule has 1 aliphatic rings. The van der Waals surface area contributed by atoms with Crippen LogP contribution in [-0.4, -0.2) is 45.5 Å². The van der Waals surface area contributed by atoms with Crippen molar-refractivity contribution in [3.05, 3.63) is 101 Å². The molecule has 2 amide bonds. The van der Waals surface area contributed by atoms with Crippen molar-refractivity contribution in [2.24, 2.45) is 0 Å². The van der Waals surface area contributed by atoms with Gasteiger partial charge in [-0.1, -0.05) is 49.4 Å². The van der Waals surface area contributed by atoms with Gasteiger partial charge in [-0.2, -0.15) is 5.10 Å². The third-order valence-electron chi connectivity index (χ3n) is 6.63. The van der Waals surface area contributed by atoms with Gasteiger partial charge in [-0.15, -0.1) is 0 Å². The zero-order chi connectivity index (χ0) is 24.4. The van der Waals surface area contributed by atoms with Gasteiger partial charge in [-0.25, -0.2) is 9.48 Å². The minimum absolute atomic E-state index is 0.126. The first-order valence-electron chi connectivity index (χ1n) is 12.1. The number of urea groups is 1. The molecule has 7 heteroatoms. The van der Waals surface area contributed by atoms with Crippen molar-refractivity contribution in [1.29, 1.82) is 0 Å². The number of carbonyl (C=O) groups excluding carboxylic acids is 1. The number of hydrogen-bond acceptors (Lipinski definition) is 3. The Morgan fingerprint density at radius 2 is 1.86 bits per heavy atom. The Balaban J connectivity index is 1.68. The monoisotopic (exact) mass is 469 g/mol. The number of ether oxygens (including phenoxy) is 1. The number of hydrogen-bond donors (Lipinski definition) is 1. The van der Waals surface area contributed by atoms with E-state index in [1.807, 2.05) is 40.8 Å². The number of nitrogens with one attached hydrogen (secondary N) is 1. The second kappa shape index (κ2) is 9.80. The predicted molar refractivity (Wildman–Crippen MR) is 136 cm³/mol. The van der Waals surface area contributed by atoms with E-state index in [4.69, 9.17) is 9.84 Å². The molecule has 0 saturated carbocycles. The van der Waals surface area contributed by atoms with E-state index in [1.54, 1.807) is 7.11 Å². The topological polar surface area (TPSA) is 64.3 Å². The Hall–Kier alpha value is -3.84. The molecule has 7 nitrogen and oxygen atoms in total. The molecule has 0 bridgehead atoms. The minimum Gasteiger partial charge on any atom is -0.383 e. The molecule has 2 aromatic carbocycles. The summed E-state index contributed by atoms with van der Waals surface area (Å²) in [4.78, 5) is 15.5. The van der Waals surface area contributed by atoms with Crippen LogP contribution < -0.4 is 5.32 Å². The SMILES string of the molecule is CCc1ccc([C@@H]2c3cccn3-c3c(c(C)nn3-c3ccccc3)CN2C(=O)NCCOC)cc1. The highest BCUT2D eigenvalue weighted by Gasteiger charge is 2.35. The molecule has 0 fully saturated rings. The molecule has 0 aliphatic carbocycles. The van der Waals surface area contributed by atoms with Gasteiger partial charge in [0.25, 0.3) is 0 Å². The first-order chi connectivity index (χ1) is 17.1. The van der Waals surface area contributed by atoms with Crippen LogP contribution in [0.4, 0.5) is 4.79 Å². The summed E-state index contributed by atoms with van der Waals surface area (Å²) in [6.07, 6.45) is 3.04. The number of methoxy groups -OCH3 is 1. The molecule has 0 radical (unpaired) electrons. The van der Waals surface area contributed by atoms with E-state index < -0.39 is 0 Å². The maximum absolute atomic E-state index is 13.6. The van der Waals surface area contributed by atoms with Gasteiger partial charge in [0.05, 0.1) is 36.3 Å². The van der Waals surface area contributed by atoms with E-state index in [9.17, 15) is 4.79 Å². The third kappa shape index (κ3) is 4.23. The van der Waals surface area contributed by atoms with Gasteiger partial charge in [0.2, 0.25) is 0 Å². The number of rotatable bonds is 6. The number of nitrogens with zero attached hydrogens (tertiary/aromatic N) is 4. The number of aryl methyl sites for hydroxylation is 2. The molecule has 0 spiro atoms. The summed E-state index contributed by atoms with van der Waals surface area (Å²) >= 11 is 0. The van der Waals surface area contributed by atoms with Crippen molar-refractivity contribution in [3.63, 3.8) is 0 Å². The van der Waals surface area contributed by atoms with E-state index in [0.29, 0.717) is 19.7 Å². The van der Waals surface area contributed by atoms with Crippen LogP contribution in [0, 0.1) is 6.92 Å². The van der Waals surface area contributed by atoms with Crippen molar-refractivity contribution < 1.29 is 9.53 Å². The van der Waals surface area contributed by atoms with Crippen LogP contribution in [-0.2, 0) is 17.7 Å².